The number of fused-ring (bicyclic) bond motifs is 2. The fourth-order valence-corrected chi connectivity index (χ4v) is 3.83. The van der Waals surface area contributed by atoms with Gasteiger partial charge in [-0.3, -0.25) is 4.89 Å². The van der Waals surface area contributed by atoms with E-state index in [0.29, 0.717) is 21.9 Å². The van der Waals surface area contributed by atoms with Gasteiger partial charge in [0.15, 0.2) is 0 Å². The molecule has 0 aliphatic heterocycles. The lowest BCUT2D eigenvalue weighted by molar-refractivity contribution is 0.291. The first-order chi connectivity index (χ1) is 14.1. The molecule has 1 atom stereocenters. The highest BCUT2D eigenvalue weighted by molar-refractivity contribution is 7.48. The van der Waals surface area contributed by atoms with E-state index >= 15 is 0 Å². The number of aromatic hydroxyl groups is 1. The van der Waals surface area contributed by atoms with Gasteiger partial charge in [-0.2, -0.15) is 0 Å². The summed E-state index contributed by atoms with van der Waals surface area (Å²) in [6.07, 6.45) is 0. The van der Waals surface area contributed by atoms with E-state index in [1.54, 1.807) is 13.0 Å². The number of phosphoric ester groups is 1. The molecule has 1 unspecified atom stereocenters. The van der Waals surface area contributed by atoms with Crippen LogP contribution in [-0.2, 0) is 4.57 Å². The minimum Gasteiger partial charge on any atom is -0.502 e. The Hall–Kier alpha value is -3.55. The van der Waals surface area contributed by atoms with E-state index in [-0.39, 0.29) is 22.7 Å². The van der Waals surface area contributed by atoms with Crippen LogP contribution in [0.2, 0.25) is 0 Å². The molecule has 0 aliphatic carbocycles. The average Bonchev–Trinajstić information content (AvgIpc) is 2.65. The number of benzene rings is 2. The maximum absolute atomic E-state index is 12.4. The Kier molecular flexibility index (Phi) is 4.64. The summed E-state index contributed by atoms with van der Waals surface area (Å²) in [5.41, 5.74) is -0.233. The van der Waals surface area contributed by atoms with Gasteiger partial charge < -0.3 is 23.0 Å². The molecule has 2 aromatic heterocycles. The monoisotopic (exact) mass is 430 g/mol. The highest BCUT2D eigenvalue weighted by Crippen LogP contribution is 2.45. The Labute approximate surface area is 168 Å². The third kappa shape index (κ3) is 3.68. The molecule has 10 heteroatoms. The van der Waals surface area contributed by atoms with Crippen molar-refractivity contribution in [3.63, 3.8) is 0 Å². The van der Waals surface area contributed by atoms with E-state index < -0.39 is 24.8 Å². The van der Waals surface area contributed by atoms with Crippen molar-refractivity contribution in [3.05, 3.63) is 74.4 Å². The minimum atomic E-state index is -4.64. The summed E-state index contributed by atoms with van der Waals surface area (Å²) in [6, 6.07) is 9.73. The quantitative estimate of drug-likeness (QED) is 0.366. The summed E-state index contributed by atoms with van der Waals surface area (Å²) < 4.78 is 32.6. The highest BCUT2D eigenvalue weighted by atomic mass is 31.2. The van der Waals surface area contributed by atoms with Crippen LogP contribution < -0.4 is 20.3 Å². The third-order valence-corrected chi connectivity index (χ3v) is 5.36. The van der Waals surface area contributed by atoms with Gasteiger partial charge in [-0.1, -0.05) is 0 Å². The van der Waals surface area contributed by atoms with Crippen molar-refractivity contribution in [1.82, 2.24) is 0 Å². The summed E-state index contributed by atoms with van der Waals surface area (Å²) in [6.45, 7) is 3.27. The highest BCUT2D eigenvalue weighted by Gasteiger charge is 2.26. The zero-order chi connectivity index (χ0) is 21.6. The van der Waals surface area contributed by atoms with E-state index in [1.165, 1.54) is 43.3 Å². The van der Waals surface area contributed by atoms with Crippen molar-refractivity contribution >= 4 is 29.8 Å². The molecular formula is C20H15O9P. The smallest absolute Gasteiger partial charge is 0.502 e. The Morgan fingerprint density at radius 1 is 0.867 bits per heavy atom. The van der Waals surface area contributed by atoms with E-state index in [1.807, 2.05) is 0 Å². The van der Waals surface area contributed by atoms with Crippen molar-refractivity contribution in [2.24, 2.45) is 0 Å². The van der Waals surface area contributed by atoms with Gasteiger partial charge in [0.25, 0.3) is 0 Å². The second-order valence-electron chi connectivity index (χ2n) is 6.58. The largest absolute Gasteiger partial charge is 0.584 e. The van der Waals surface area contributed by atoms with Crippen molar-refractivity contribution in [1.29, 1.82) is 0 Å². The summed E-state index contributed by atoms with van der Waals surface area (Å²) >= 11 is 0. The Morgan fingerprint density at radius 2 is 1.43 bits per heavy atom. The van der Waals surface area contributed by atoms with Gasteiger partial charge in [0.05, 0.1) is 0 Å². The van der Waals surface area contributed by atoms with E-state index in [0.717, 1.165) is 0 Å². The molecule has 0 amide bonds. The lowest BCUT2D eigenvalue weighted by Crippen LogP contribution is -2.02. The van der Waals surface area contributed by atoms with E-state index in [4.69, 9.17) is 17.9 Å². The maximum Gasteiger partial charge on any atom is 0.584 e. The molecule has 0 radical (unpaired) electrons. The third-order valence-electron chi connectivity index (χ3n) is 4.47. The van der Waals surface area contributed by atoms with Crippen LogP contribution in [0, 0.1) is 13.8 Å². The molecule has 2 aromatic carbocycles. The zero-order valence-corrected chi connectivity index (χ0v) is 16.6. The first kappa shape index (κ1) is 19.8. The van der Waals surface area contributed by atoms with Gasteiger partial charge in [-0.05, 0) is 43.7 Å². The summed E-state index contributed by atoms with van der Waals surface area (Å²) in [5, 5.41) is 10.8. The van der Waals surface area contributed by atoms with E-state index in [2.05, 4.69) is 0 Å². The SMILES string of the molecule is Cc1cc(=O)oc2cc(OP(=O)(O)Oc3ccc4c(C)c(O)c(=O)oc4c3)ccc12. The molecule has 9 nitrogen and oxygen atoms in total. The van der Waals surface area contributed by atoms with Gasteiger partial charge in [0.1, 0.15) is 22.7 Å². The lowest BCUT2D eigenvalue weighted by atomic mass is 10.1. The molecule has 0 bridgehead atoms. The number of rotatable bonds is 4. The fourth-order valence-electron chi connectivity index (χ4n) is 3.03. The Bertz CT molecular complexity index is 1470. The minimum absolute atomic E-state index is 0.0461. The topological polar surface area (TPSA) is 136 Å². The van der Waals surface area contributed by atoms with E-state index in [9.17, 15) is 24.2 Å². The molecule has 4 rings (SSSR count). The Balaban J connectivity index is 1.64. The van der Waals surface area contributed by atoms with Gasteiger partial charge in [-0.15, -0.1) is 0 Å². The lowest BCUT2D eigenvalue weighted by Gasteiger charge is -2.14. The van der Waals surface area contributed by atoms with Crippen molar-refractivity contribution in [2.45, 2.75) is 13.8 Å². The molecule has 0 fully saturated rings. The predicted octanol–water partition coefficient (Wildman–Crippen LogP) is 3.78. The van der Waals surface area contributed by atoms with Crippen LogP contribution in [0.3, 0.4) is 0 Å². The summed E-state index contributed by atoms with van der Waals surface area (Å²) in [7, 11) is -4.64. The molecule has 0 saturated carbocycles. The summed E-state index contributed by atoms with van der Waals surface area (Å²) in [5.74, 6) is -0.648. The van der Waals surface area contributed by atoms with Gasteiger partial charge in [0.2, 0.25) is 5.75 Å². The molecule has 0 aliphatic rings. The first-order valence-electron chi connectivity index (χ1n) is 8.66. The second kappa shape index (κ2) is 7.05. The fraction of sp³-hybridized carbons (Fsp3) is 0.100. The van der Waals surface area contributed by atoms with Crippen LogP contribution in [0.5, 0.6) is 17.2 Å². The standard InChI is InChI=1S/C20H15O9P/c1-10-7-18(21)26-16-8-12(3-5-14(10)16)28-30(24,25)29-13-4-6-15-11(2)19(22)20(23)27-17(15)9-13/h3-9,22H,1-2H3,(H,24,25). The van der Waals surface area contributed by atoms with Crippen LogP contribution in [0.25, 0.3) is 21.9 Å². The van der Waals surface area contributed by atoms with Gasteiger partial charge in [-0.25, -0.2) is 14.2 Å². The number of phosphoric acid groups is 1. The molecule has 0 spiro atoms. The Morgan fingerprint density at radius 3 is 2.07 bits per heavy atom. The summed E-state index contributed by atoms with van der Waals surface area (Å²) in [4.78, 5) is 33.3. The second-order valence-corrected chi connectivity index (χ2v) is 7.88. The zero-order valence-electron chi connectivity index (χ0n) is 15.7. The molecule has 2 N–H and O–H groups in total. The van der Waals surface area contributed by atoms with Crippen LogP contribution in [0.15, 0.2) is 60.9 Å². The molecular weight excluding hydrogens is 415 g/mol. The predicted molar refractivity (Wildman–Crippen MR) is 107 cm³/mol. The van der Waals surface area contributed by atoms with Gasteiger partial charge >= 0.3 is 19.1 Å². The van der Waals surface area contributed by atoms with Crippen LogP contribution in [-0.4, -0.2) is 10.00 Å². The molecule has 4 aromatic rings. The van der Waals surface area contributed by atoms with Crippen molar-refractivity contribution in [3.8, 4) is 17.2 Å². The first-order valence-corrected chi connectivity index (χ1v) is 10.2. The maximum atomic E-state index is 12.4. The van der Waals surface area contributed by atoms with Gasteiger partial charge in [0, 0.05) is 34.5 Å². The number of hydrogen-bond acceptors (Lipinski definition) is 8. The molecule has 30 heavy (non-hydrogen) atoms. The number of hydrogen-bond donors (Lipinski definition) is 2. The molecule has 154 valence electrons. The van der Waals surface area contributed by atoms with Crippen LogP contribution in [0.4, 0.5) is 0 Å². The molecule has 0 saturated heterocycles. The normalized spacial score (nSPS) is 13.3. The van der Waals surface area contributed by atoms with Crippen molar-refractivity contribution < 1.29 is 32.4 Å². The number of aryl methyl sites for hydroxylation is 2. The molecule has 2 heterocycles. The van der Waals surface area contributed by atoms with Crippen molar-refractivity contribution in [2.75, 3.05) is 0 Å². The van der Waals surface area contributed by atoms with Crippen LogP contribution in [0.1, 0.15) is 11.1 Å². The van der Waals surface area contributed by atoms with Crippen LogP contribution >= 0.6 is 7.82 Å². The average molecular weight is 430 g/mol.